The molecule has 0 fully saturated rings. The Kier molecular flexibility index (Phi) is 2.75. The molecule has 0 N–H and O–H groups in total. The maximum atomic E-state index is 13.6. The molecule has 2 aromatic carbocycles. The van der Waals surface area contributed by atoms with Gasteiger partial charge in [-0.2, -0.15) is 0 Å². The van der Waals surface area contributed by atoms with Gasteiger partial charge in [0.05, 0.1) is 15.9 Å². The van der Waals surface area contributed by atoms with E-state index >= 15 is 0 Å². The zero-order chi connectivity index (χ0) is 13.6. The van der Waals surface area contributed by atoms with Crippen molar-refractivity contribution in [1.29, 1.82) is 0 Å². The summed E-state index contributed by atoms with van der Waals surface area (Å²) in [5, 5.41) is 0. The number of halogens is 2. The van der Waals surface area contributed by atoms with Crippen molar-refractivity contribution in [2.75, 3.05) is 4.90 Å². The molecule has 0 saturated carbocycles. The molecule has 0 aromatic heterocycles. The van der Waals surface area contributed by atoms with Crippen molar-refractivity contribution in [3.8, 4) is 0 Å². The van der Waals surface area contributed by atoms with Gasteiger partial charge in [0, 0.05) is 11.1 Å². The first-order valence-electron chi connectivity index (χ1n) is 5.67. The highest BCUT2D eigenvalue weighted by Crippen LogP contribution is 2.36. The summed E-state index contributed by atoms with van der Waals surface area (Å²) in [4.78, 5) is 13.8. The third-order valence-electron chi connectivity index (χ3n) is 3.10. The maximum absolute atomic E-state index is 13.6. The molecule has 1 amide bonds. The Balaban J connectivity index is 2.11. The molecular weight excluding hydrogens is 309 g/mol. The molecule has 94 valence electrons. The van der Waals surface area contributed by atoms with Crippen molar-refractivity contribution in [2.24, 2.45) is 0 Å². The van der Waals surface area contributed by atoms with Gasteiger partial charge in [-0.1, -0.05) is 24.8 Å². The van der Waals surface area contributed by atoms with E-state index in [4.69, 9.17) is 0 Å². The minimum Gasteiger partial charge on any atom is -0.277 e. The number of fused-ring (bicyclic) bond motifs is 1. The SMILES string of the molecule is C=C1c2ccccc2C(=O)N1c1ccc(Br)c(F)c1. The summed E-state index contributed by atoms with van der Waals surface area (Å²) in [5.74, 6) is -0.587. The topological polar surface area (TPSA) is 20.3 Å². The van der Waals surface area contributed by atoms with Gasteiger partial charge in [-0.25, -0.2) is 4.39 Å². The van der Waals surface area contributed by atoms with Crippen LogP contribution in [0.1, 0.15) is 15.9 Å². The van der Waals surface area contributed by atoms with Gasteiger partial charge in [0.2, 0.25) is 0 Å². The number of hydrogen-bond acceptors (Lipinski definition) is 1. The molecule has 4 heteroatoms. The van der Waals surface area contributed by atoms with E-state index < -0.39 is 5.82 Å². The lowest BCUT2D eigenvalue weighted by atomic mass is 10.1. The second kappa shape index (κ2) is 4.31. The van der Waals surface area contributed by atoms with Gasteiger partial charge in [0.15, 0.2) is 0 Å². The largest absolute Gasteiger partial charge is 0.277 e. The lowest BCUT2D eigenvalue weighted by molar-refractivity contribution is 0.101. The number of hydrogen-bond donors (Lipinski definition) is 0. The molecule has 0 radical (unpaired) electrons. The molecule has 0 unspecified atom stereocenters. The number of carbonyl (C=O) groups is 1. The molecule has 2 nitrogen and oxygen atoms in total. The number of anilines is 1. The lowest BCUT2D eigenvalue weighted by Crippen LogP contribution is -2.21. The molecule has 0 spiro atoms. The molecule has 0 aliphatic carbocycles. The summed E-state index contributed by atoms with van der Waals surface area (Å²) in [5.41, 5.74) is 2.43. The van der Waals surface area contributed by atoms with Crippen molar-refractivity contribution in [2.45, 2.75) is 0 Å². The third kappa shape index (κ3) is 1.79. The number of amides is 1. The predicted molar refractivity (Wildman–Crippen MR) is 76.4 cm³/mol. The van der Waals surface area contributed by atoms with Crippen LogP contribution in [0.5, 0.6) is 0 Å². The van der Waals surface area contributed by atoms with Crippen molar-refractivity contribution in [1.82, 2.24) is 0 Å². The number of nitrogens with zero attached hydrogens (tertiary/aromatic N) is 1. The fourth-order valence-electron chi connectivity index (χ4n) is 2.18. The van der Waals surface area contributed by atoms with Gasteiger partial charge in [-0.05, 0) is 40.2 Å². The molecule has 19 heavy (non-hydrogen) atoms. The van der Waals surface area contributed by atoms with Crippen molar-refractivity contribution >= 4 is 33.2 Å². The molecule has 0 bridgehead atoms. The van der Waals surface area contributed by atoms with Crippen LogP contribution in [0.3, 0.4) is 0 Å². The molecule has 1 heterocycles. The van der Waals surface area contributed by atoms with Crippen molar-refractivity contribution in [3.05, 3.63) is 70.5 Å². The van der Waals surface area contributed by atoms with Gasteiger partial charge in [0.1, 0.15) is 5.82 Å². The Bertz CT molecular complexity index is 676. The highest BCUT2D eigenvalue weighted by atomic mass is 79.9. The lowest BCUT2D eigenvalue weighted by Gasteiger charge is -2.17. The van der Waals surface area contributed by atoms with Crippen LogP contribution < -0.4 is 4.90 Å². The van der Waals surface area contributed by atoms with Gasteiger partial charge in [0.25, 0.3) is 5.91 Å². The minimum absolute atomic E-state index is 0.178. The van der Waals surface area contributed by atoms with E-state index in [-0.39, 0.29) is 5.91 Å². The van der Waals surface area contributed by atoms with Crippen LogP contribution in [-0.2, 0) is 0 Å². The van der Waals surface area contributed by atoms with E-state index in [2.05, 4.69) is 22.5 Å². The fourth-order valence-corrected chi connectivity index (χ4v) is 2.43. The fraction of sp³-hybridized carbons (Fsp3) is 0. The minimum atomic E-state index is -0.408. The summed E-state index contributed by atoms with van der Waals surface area (Å²) in [6, 6.07) is 11.8. The highest BCUT2D eigenvalue weighted by molar-refractivity contribution is 9.10. The Labute approximate surface area is 118 Å². The average molecular weight is 318 g/mol. The zero-order valence-corrected chi connectivity index (χ0v) is 11.4. The van der Waals surface area contributed by atoms with E-state index in [1.165, 1.54) is 11.0 Å². The summed E-state index contributed by atoms with van der Waals surface area (Å²) in [6.07, 6.45) is 0. The normalized spacial score (nSPS) is 13.9. The summed E-state index contributed by atoms with van der Waals surface area (Å²) >= 11 is 3.10. The van der Waals surface area contributed by atoms with Crippen LogP contribution in [0.15, 0.2) is 53.5 Å². The average Bonchev–Trinajstić information content (AvgIpc) is 2.66. The molecular formula is C15H9BrFNO. The number of rotatable bonds is 1. The summed E-state index contributed by atoms with van der Waals surface area (Å²) in [7, 11) is 0. The molecule has 0 atom stereocenters. The maximum Gasteiger partial charge on any atom is 0.263 e. The Hall–Kier alpha value is -1.94. The molecule has 3 rings (SSSR count). The second-order valence-electron chi connectivity index (χ2n) is 4.23. The summed E-state index contributed by atoms with van der Waals surface area (Å²) < 4.78 is 14.0. The Morgan fingerprint density at radius 2 is 1.79 bits per heavy atom. The van der Waals surface area contributed by atoms with E-state index in [1.807, 2.05) is 12.1 Å². The second-order valence-corrected chi connectivity index (χ2v) is 5.09. The Morgan fingerprint density at radius 1 is 1.11 bits per heavy atom. The van der Waals surface area contributed by atoms with Crippen LogP contribution in [0, 0.1) is 5.82 Å². The summed E-state index contributed by atoms with van der Waals surface area (Å²) in [6.45, 7) is 3.93. The van der Waals surface area contributed by atoms with E-state index in [0.29, 0.717) is 21.4 Å². The number of benzene rings is 2. The van der Waals surface area contributed by atoms with Crippen LogP contribution >= 0.6 is 15.9 Å². The predicted octanol–water partition coefficient (Wildman–Crippen LogP) is 4.22. The molecule has 1 aliphatic rings. The van der Waals surface area contributed by atoms with Gasteiger partial charge in [-0.15, -0.1) is 0 Å². The first-order valence-corrected chi connectivity index (χ1v) is 6.46. The van der Waals surface area contributed by atoms with Crippen LogP contribution in [0.2, 0.25) is 0 Å². The van der Waals surface area contributed by atoms with Crippen molar-refractivity contribution in [3.63, 3.8) is 0 Å². The first kappa shape index (κ1) is 12.1. The number of carbonyl (C=O) groups excluding carboxylic acids is 1. The molecule has 1 aliphatic heterocycles. The quantitative estimate of drug-likeness (QED) is 0.771. The Morgan fingerprint density at radius 3 is 2.42 bits per heavy atom. The van der Waals surface area contributed by atoms with Gasteiger partial charge in [-0.3, -0.25) is 9.69 Å². The van der Waals surface area contributed by atoms with Gasteiger partial charge < -0.3 is 0 Å². The van der Waals surface area contributed by atoms with E-state index in [0.717, 1.165) is 5.56 Å². The van der Waals surface area contributed by atoms with Crippen LogP contribution in [0.4, 0.5) is 10.1 Å². The van der Waals surface area contributed by atoms with E-state index in [1.54, 1.807) is 24.3 Å². The molecule has 2 aromatic rings. The molecule has 0 saturated heterocycles. The third-order valence-corrected chi connectivity index (χ3v) is 3.75. The standard InChI is InChI=1S/C15H9BrFNO/c1-9-11-4-2-3-5-12(11)15(19)18(9)10-6-7-13(16)14(17)8-10/h2-8H,1H2. The van der Waals surface area contributed by atoms with Crippen LogP contribution in [-0.4, -0.2) is 5.91 Å². The van der Waals surface area contributed by atoms with Crippen LogP contribution in [0.25, 0.3) is 5.70 Å². The zero-order valence-electron chi connectivity index (χ0n) is 9.86. The highest BCUT2D eigenvalue weighted by Gasteiger charge is 2.31. The smallest absolute Gasteiger partial charge is 0.263 e. The van der Waals surface area contributed by atoms with Crippen molar-refractivity contribution < 1.29 is 9.18 Å². The van der Waals surface area contributed by atoms with E-state index in [9.17, 15) is 9.18 Å². The first-order chi connectivity index (χ1) is 9.09. The monoisotopic (exact) mass is 317 g/mol. The van der Waals surface area contributed by atoms with Gasteiger partial charge >= 0.3 is 0 Å².